The topological polar surface area (TPSA) is 52.6 Å². The van der Waals surface area contributed by atoms with Gasteiger partial charge in [0, 0.05) is 45.5 Å². The van der Waals surface area contributed by atoms with Crippen LogP contribution in [0.5, 0.6) is 0 Å². The fourth-order valence-electron chi connectivity index (χ4n) is 2.42. The van der Waals surface area contributed by atoms with Crippen LogP contribution in [0.2, 0.25) is 0 Å². The average Bonchev–Trinajstić information content (AvgIpc) is 2.49. The van der Waals surface area contributed by atoms with Crippen LogP contribution < -0.4 is 15.5 Å². The molecule has 1 aromatic heterocycles. The summed E-state index contributed by atoms with van der Waals surface area (Å²) >= 11 is 0. The number of halogens is 1. The monoisotopic (exact) mass is 389 g/mol. The van der Waals surface area contributed by atoms with E-state index in [4.69, 9.17) is 0 Å². The first-order valence-corrected chi connectivity index (χ1v) is 6.92. The molecule has 0 bridgehead atoms. The zero-order valence-electron chi connectivity index (χ0n) is 12.2. The molecule has 0 atom stereocenters. The maximum absolute atomic E-state index is 4.56. The second kappa shape index (κ2) is 8.99. The van der Waals surface area contributed by atoms with Gasteiger partial charge in [-0.2, -0.15) is 0 Å². The standard InChI is InChI=1S/C14H23N5.HI/c1-15-14(16-2)18-11-12-7-6-8-17-13(12)19-9-4-3-5-10-19;/h6-8H,3-5,9-11H2,1-2H3,(H2,15,16,18);1H. The van der Waals surface area contributed by atoms with E-state index < -0.39 is 0 Å². The number of anilines is 1. The molecule has 0 aliphatic carbocycles. The lowest BCUT2D eigenvalue weighted by Gasteiger charge is -2.29. The first kappa shape index (κ1) is 17.0. The molecule has 20 heavy (non-hydrogen) atoms. The van der Waals surface area contributed by atoms with Crippen LogP contribution >= 0.6 is 24.0 Å². The van der Waals surface area contributed by atoms with Gasteiger partial charge in [0.1, 0.15) is 5.82 Å². The Kier molecular flexibility index (Phi) is 7.64. The highest BCUT2D eigenvalue weighted by atomic mass is 127. The largest absolute Gasteiger partial charge is 0.359 e. The van der Waals surface area contributed by atoms with Crippen molar-refractivity contribution in [1.29, 1.82) is 0 Å². The highest BCUT2D eigenvalue weighted by Crippen LogP contribution is 2.21. The van der Waals surface area contributed by atoms with Crippen molar-refractivity contribution >= 4 is 35.8 Å². The molecule has 5 nitrogen and oxygen atoms in total. The van der Waals surface area contributed by atoms with E-state index in [0.29, 0.717) is 0 Å². The summed E-state index contributed by atoms with van der Waals surface area (Å²) in [5.74, 6) is 1.91. The van der Waals surface area contributed by atoms with Gasteiger partial charge in [0.2, 0.25) is 0 Å². The van der Waals surface area contributed by atoms with E-state index in [9.17, 15) is 0 Å². The van der Waals surface area contributed by atoms with Gasteiger partial charge in [0.15, 0.2) is 5.96 Å². The quantitative estimate of drug-likeness (QED) is 0.472. The molecule has 112 valence electrons. The zero-order valence-corrected chi connectivity index (χ0v) is 14.6. The van der Waals surface area contributed by atoms with Crippen molar-refractivity contribution in [3.05, 3.63) is 23.9 Å². The normalized spacial score (nSPS) is 15.5. The van der Waals surface area contributed by atoms with Gasteiger partial charge in [0.25, 0.3) is 0 Å². The molecule has 1 aliphatic heterocycles. The number of hydrogen-bond donors (Lipinski definition) is 2. The summed E-state index contributed by atoms with van der Waals surface area (Å²) in [6.07, 6.45) is 5.74. The van der Waals surface area contributed by atoms with Crippen molar-refractivity contribution in [2.45, 2.75) is 25.8 Å². The van der Waals surface area contributed by atoms with Crippen molar-refractivity contribution in [2.75, 3.05) is 32.1 Å². The predicted octanol–water partition coefficient (Wildman–Crippen LogP) is 1.98. The molecule has 2 heterocycles. The minimum Gasteiger partial charge on any atom is -0.359 e. The number of aliphatic imine (C=N–C) groups is 1. The second-order valence-electron chi connectivity index (χ2n) is 4.71. The van der Waals surface area contributed by atoms with E-state index in [-0.39, 0.29) is 24.0 Å². The molecule has 0 saturated carbocycles. The minimum atomic E-state index is 0. The molecule has 1 fully saturated rings. The van der Waals surface area contributed by atoms with E-state index in [1.807, 2.05) is 19.3 Å². The smallest absolute Gasteiger partial charge is 0.190 e. The third-order valence-corrected chi connectivity index (χ3v) is 3.43. The number of guanidine groups is 1. The van der Waals surface area contributed by atoms with E-state index in [1.165, 1.54) is 24.8 Å². The van der Waals surface area contributed by atoms with E-state index >= 15 is 0 Å². The van der Waals surface area contributed by atoms with Crippen molar-refractivity contribution in [3.8, 4) is 0 Å². The Labute approximate surface area is 138 Å². The molecular weight excluding hydrogens is 365 g/mol. The number of aromatic nitrogens is 1. The summed E-state index contributed by atoms with van der Waals surface area (Å²) in [4.78, 5) is 11.1. The molecule has 2 rings (SSSR count). The van der Waals surface area contributed by atoms with E-state index in [1.54, 1.807) is 7.05 Å². The maximum atomic E-state index is 4.56. The first-order chi connectivity index (χ1) is 9.35. The first-order valence-electron chi connectivity index (χ1n) is 6.92. The van der Waals surface area contributed by atoms with Gasteiger partial charge in [-0.25, -0.2) is 4.98 Å². The number of piperidine rings is 1. The van der Waals surface area contributed by atoms with Gasteiger partial charge in [-0.15, -0.1) is 24.0 Å². The Morgan fingerprint density at radius 3 is 2.75 bits per heavy atom. The number of nitrogens with zero attached hydrogens (tertiary/aromatic N) is 3. The number of hydrogen-bond acceptors (Lipinski definition) is 3. The molecule has 2 N–H and O–H groups in total. The second-order valence-corrected chi connectivity index (χ2v) is 4.71. The van der Waals surface area contributed by atoms with Gasteiger partial charge < -0.3 is 15.5 Å². The summed E-state index contributed by atoms with van der Waals surface area (Å²) in [5, 5.41) is 6.31. The molecule has 1 aliphatic rings. The fourth-order valence-corrected chi connectivity index (χ4v) is 2.42. The van der Waals surface area contributed by atoms with Crippen LogP contribution in [-0.2, 0) is 6.54 Å². The van der Waals surface area contributed by atoms with Crippen molar-refractivity contribution in [1.82, 2.24) is 15.6 Å². The Bertz CT molecular complexity index is 429. The third-order valence-electron chi connectivity index (χ3n) is 3.43. The van der Waals surface area contributed by atoms with E-state index in [2.05, 4.69) is 31.6 Å². The van der Waals surface area contributed by atoms with Gasteiger partial charge >= 0.3 is 0 Å². The Balaban J connectivity index is 0.00000200. The van der Waals surface area contributed by atoms with Crippen LogP contribution in [-0.4, -0.2) is 38.1 Å². The highest BCUT2D eigenvalue weighted by molar-refractivity contribution is 14.0. The Morgan fingerprint density at radius 1 is 1.35 bits per heavy atom. The molecule has 1 aromatic rings. The average molecular weight is 389 g/mol. The van der Waals surface area contributed by atoms with Crippen molar-refractivity contribution in [2.24, 2.45) is 4.99 Å². The van der Waals surface area contributed by atoms with Crippen molar-refractivity contribution < 1.29 is 0 Å². The molecule has 0 unspecified atom stereocenters. The maximum Gasteiger partial charge on any atom is 0.190 e. The van der Waals surface area contributed by atoms with Crippen LogP contribution in [0, 0.1) is 0 Å². The lowest BCUT2D eigenvalue weighted by Crippen LogP contribution is -2.35. The molecule has 0 amide bonds. The molecular formula is C14H24IN5. The molecule has 0 aromatic carbocycles. The molecule has 0 radical (unpaired) electrons. The lowest BCUT2D eigenvalue weighted by molar-refractivity contribution is 0.571. The minimum absolute atomic E-state index is 0. The molecule has 0 spiro atoms. The fraction of sp³-hybridized carbons (Fsp3) is 0.571. The van der Waals surface area contributed by atoms with Gasteiger partial charge in [-0.05, 0) is 25.3 Å². The summed E-state index contributed by atoms with van der Waals surface area (Å²) in [6, 6.07) is 4.12. The SMILES string of the molecule is CN=C(NC)NCc1cccnc1N1CCCCC1.I. The van der Waals surface area contributed by atoms with Gasteiger partial charge in [0.05, 0.1) is 0 Å². The summed E-state index contributed by atoms with van der Waals surface area (Å²) in [7, 11) is 3.64. The number of rotatable bonds is 3. The van der Waals surface area contributed by atoms with Crippen LogP contribution in [0.25, 0.3) is 0 Å². The number of nitrogens with one attached hydrogen (secondary N) is 2. The lowest BCUT2D eigenvalue weighted by atomic mass is 10.1. The Morgan fingerprint density at radius 2 is 2.10 bits per heavy atom. The summed E-state index contributed by atoms with van der Waals surface area (Å²) < 4.78 is 0. The highest BCUT2D eigenvalue weighted by Gasteiger charge is 2.15. The van der Waals surface area contributed by atoms with Crippen LogP contribution in [0.3, 0.4) is 0 Å². The predicted molar refractivity (Wildman–Crippen MR) is 95.0 cm³/mol. The third kappa shape index (κ3) is 4.50. The van der Waals surface area contributed by atoms with Gasteiger partial charge in [-0.3, -0.25) is 4.99 Å². The molecule has 1 saturated heterocycles. The number of pyridine rings is 1. The zero-order chi connectivity index (χ0) is 13.5. The summed E-state index contributed by atoms with van der Waals surface area (Å²) in [6.45, 7) is 2.97. The van der Waals surface area contributed by atoms with Crippen LogP contribution in [0.1, 0.15) is 24.8 Å². The Hall–Kier alpha value is -1.05. The van der Waals surface area contributed by atoms with Crippen LogP contribution in [0.4, 0.5) is 5.82 Å². The van der Waals surface area contributed by atoms with E-state index in [0.717, 1.165) is 31.4 Å². The molecule has 6 heteroatoms. The van der Waals surface area contributed by atoms with Crippen molar-refractivity contribution in [3.63, 3.8) is 0 Å². The van der Waals surface area contributed by atoms with Gasteiger partial charge in [-0.1, -0.05) is 6.07 Å². The summed E-state index contributed by atoms with van der Waals surface area (Å²) in [5.41, 5.74) is 1.22. The van der Waals surface area contributed by atoms with Crippen LogP contribution in [0.15, 0.2) is 23.3 Å².